The smallest absolute Gasteiger partial charge is 0.125 e. The van der Waals surface area contributed by atoms with E-state index >= 15 is 0 Å². The van der Waals surface area contributed by atoms with Crippen molar-refractivity contribution in [3.63, 3.8) is 0 Å². The molecule has 2 unspecified atom stereocenters. The largest absolute Gasteiger partial charge is 0.488 e. The monoisotopic (exact) mass is 273 g/mol. The third kappa shape index (κ3) is 2.28. The van der Waals surface area contributed by atoms with Gasteiger partial charge in [-0.3, -0.25) is 5.84 Å². The first kappa shape index (κ1) is 13.1. The van der Waals surface area contributed by atoms with Gasteiger partial charge in [0, 0.05) is 13.0 Å². The summed E-state index contributed by atoms with van der Waals surface area (Å²) in [6, 6.07) is 7.96. The Kier molecular flexibility index (Phi) is 3.66. The summed E-state index contributed by atoms with van der Waals surface area (Å²) in [5.41, 5.74) is 5.03. The molecule has 1 aliphatic heterocycles. The summed E-state index contributed by atoms with van der Waals surface area (Å²) in [5, 5.41) is 8.10. The Bertz CT molecular complexity index is 557. The number of aromatic nitrogens is 3. The molecule has 6 nitrogen and oxygen atoms in total. The molecule has 1 aromatic heterocycles. The van der Waals surface area contributed by atoms with E-state index in [1.807, 2.05) is 22.9 Å². The van der Waals surface area contributed by atoms with Gasteiger partial charge in [0.2, 0.25) is 0 Å². The van der Waals surface area contributed by atoms with E-state index < -0.39 is 0 Å². The van der Waals surface area contributed by atoms with Crippen molar-refractivity contribution in [3.8, 4) is 5.75 Å². The van der Waals surface area contributed by atoms with Crippen molar-refractivity contribution >= 4 is 0 Å². The summed E-state index contributed by atoms with van der Waals surface area (Å²) in [7, 11) is 0. The van der Waals surface area contributed by atoms with Gasteiger partial charge in [0.25, 0.3) is 0 Å². The zero-order chi connectivity index (χ0) is 13.9. The first-order valence-corrected chi connectivity index (χ1v) is 6.92. The molecular weight excluding hydrogens is 254 g/mol. The Balaban J connectivity index is 1.83. The number of hydrogen-bond acceptors (Lipinski definition) is 5. The number of para-hydroxylation sites is 1. The minimum atomic E-state index is -0.121. The lowest BCUT2D eigenvalue weighted by Crippen LogP contribution is -2.40. The fraction of sp³-hybridized carbons (Fsp3) is 0.429. The SMILES string of the molecule is CCCn1nncc1C(NN)C1Cc2ccccc2O1. The lowest BCUT2D eigenvalue weighted by atomic mass is 10.0. The van der Waals surface area contributed by atoms with Crippen LogP contribution >= 0.6 is 0 Å². The number of fused-ring (bicyclic) bond motifs is 1. The predicted molar refractivity (Wildman–Crippen MR) is 74.9 cm³/mol. The van der Waals surface area contributed by atoms with Gasteiger partial charge in [-0.05, 0) is 18.1 Å². The number of nitrogens with zero attached hydrogens (tertiary/aromatic N) is 3. The highest BCUT2D eigenvalue weighted by Gasteiger charge is 2.32. The number of ether oxygens (including phenoxy) is 1. The summed E-state index contributed by atoms with van der Waals surface area (Å²) in [4.78, 5) is 0. The fourth-order valence-corrected chi connectivity index (χ4v) is 2.67. The average Bonchev–Trinajstić information content (AvgIpc) is 3.07. The van der Waals surface area contributed by atoms with Crippen LogP contribution in [0.25, 0.3) is 0 Å². The van der Waals surface area contributed by atoms with Crippen LogP contribution in [-0.4, -0.2) is 21.1 Å². The van der Waals surface area contributed by atoms with E-state index in [1.54, 1.807) is 6.20 Å². The number of rotatable bonds is 5. The van der Waals surface area contributed by atoms with Crippen molar-refractivity contribution < 1.29 is 4.74 Å². The molecule has 1 aromatic carbocycles. The van der Waals surface area contributed by atoms with Crippen LogP contribution in [0.5, 0.6) is 5.75 Å². The van der Waals surface area contributed by atoms with E-state index in [1.165, 1.54) is 5.56 Å². The summed E-state index contributed by atoms with van der Waals surface area (Å²) < 4.78 is 7.89. The summed E-state index contributed by atoms with van der Waals surface area (Å²) in [5.74, 6) is 6.68. The number of hydrogen-bond donors (Lipinski definition) is 2. The van der Waals surface area contributed by atoms with Crippen molar-refractivity contribution in [1.29, 1.82) is 0 Å². The highest BCUT2D eigenvalue weighted by Crippen LogP contribution is 2.33. The van der Waals surface area contributed by atoms with E-state index in [9.17, 15) is 0 Å². The van der Waals surface area contributed by atoms with E-state index in [-0.39, 0.29) is 12.1 Å². The Morgan fingerprint density at radius 1 is 1.50 bits per heavy atom. The van der Waals surface area contributed by atoms with Crippen LogP contribution in [0.1, 0.15) is 30.6 Å². The maximum atomic E-state index is 6.01. The molecule has 0 spiro atoms. The van der Waals surface area contributed by atoms with Crippen molar-refractivity contribution in [2.24, 2.45) is 5.84 Å². The highest BCUT2D eigenvalue weighted by atomic mass is 16.5. The van der Waals surface area contributed by atoms with Crippen molar-refractivity contribution in [2.45, 2.75) is 38.5 Å². The second-order valence-electron chi connectivity index (χ2n) is 4.99. The molecule has 20 heavy (non-hydrogen) atoms. The van der Waals surface area contributed by atoms with Gasteiger partial charge in [0.1, 0.15) is 17.9 Å². The second-order valence-corrected chi connectivity index (χ2v) is 4.99. The standard InChI is InChI=1S/C14H19N5O/c1-2-7-19-11(9-16-18-19)14(17-15)13-8-10-5-3-4-6-12(10)20-13/h3-6,9,13-14,17H,2,7-8,15H2,1H3. The van der Waals surface area contributed by atoms with E-state index in [0.29, 0.717) is 0 Å². The normalized spacial score (nSPS) is 18.6. The van der Waals surface area contributed by atoms with Crippen molar-refractivity contribution in [1.82, 2.24) is 20.4 Å². The number of aryl methyl sites for hydroxylation is 1. The zero-order valence-corrected chi connectivity index (χ0v) is 11.5. The van der Waals surface area contributed by atoms with Crippen LogP contribution < -0.4 is 16.0 Å². The Labute approximate surface area is 117 Å². The molecule has 0 radical (unpaired) electrons. The second kappa shape index (κ2) is 5.60. The van der Waals surface area contributed by atoms with Gasteiger partial charge in [0.15, 0.2) is 0 Å². The van der Waals surface area contributed by atoms with Gasteiger partial charge in [-0.2, -0.15) is 0 Å². The molecule has 2 heterocycles. The lowest BCUT2D eigenvalue weighted by molar-refractivity contribution is 0.173. The van der Waals surface area contributed by atoms with Gasteiger partial charge < -0.3 is 4.74 Å². The molecule has 106 valence electrons. The van der Waals surface area contributed by atoms with Gasteiger partial charge in [-0.25, -0.2) is 10.1 Å². The Hall–Kier alpha value is -1.92. The first-order valence-electron chi connectivity index (χ1n) is 6.92. The summed E-state index contributed by atoms with van der Waals surface area (Å²) in [6.07, 6.45) is 3.56. The molecule has 0 bridgehead atoms. The number of nitrogens with one attached hydrogen (secondary N) is 1. The molecule has 0 saturated heterocycles. The van der Waals surface area contributed by atoms with Crippen molar-refractivity contribution in [3.05, 3.63) is 41.7 Å². The van der Waals surface area contributed by atoms with Crippen LogP contribution in [0.15, 0.2) is 30.5 Å². The third-order valence-electron chi connectivity index (χ3n) is 3.63. The van der Waals surface area contributed by atoms with Crippen LogP contribution in [-0.2, 0) is 13.0 Å². The van der Waals surface area contributed by atoms with Crippen LogP contribution in [0.2, 0.25) is 0 Å². The highest BCUT2D eigenvalue weighted by molar-refractivity contribution is 5.38. The topological polar surface area (TPSA) is 78.0 Å². The van der Waals surface area contributed by atoms with Gasteiger partial charge in [0.05, 0.1) is 11.9 Å². The fourth-order valence-electron chi connectivity index (χ4n) is 2.67. The Morgan fingerprint density at radius 3 is 3.10 bits per heavy atom. The molecule has 0 aliphatic carbocycles. The maximum Gasteiger partial charge on any atom is 0.125 e. The van der Waals surface area contributed by atoms with E-state index in [0.717, 1.165) is 30.8 Å². The predicted octanol–water partition coefficient (Wildman–Crippen LogP) is 1.20. The molecule has 2 aromatic rings. The van der Waals surface area contributed by atoms with Gasteiger partial charge in [-0.15, -0.1) is 5.10 Å². The van der Waals surface area contributed by atoms with E-state index in [2.05, 4.69) is 28.7 Å². The molecule has 3 rings (SSSR count). The van der Waals surface area contributed by atoms with E-state index in [4.69, 9.17) is 10.6 Å². The molecule has 1 aliphatic rings. The maximum absolute atomic E-state index is 6.01. The molecule has 3 N–H and O–H groups in total. The zero-order valence-electron chi connectivity index (χ0n) is 11.5. The molecule has 0 fully saturated rings. The Morgan fingerprint density at radius 2 is 2.35 bits per heavy atom. The average molecular weight is 273 g/mol. The lowest BCUT2D eigenvalue weighted by Gasteiger charge is -2.22. The molecule has 0 saturated carbocycles. The number of nitrogens with two attached hydrogens (primary N) is 1. The van der Waals surface area contributed by atoms with Crippen LogP contribution in [0.4, 0.5) is 0 Å². The summed E-state index contributed by atoms with van der Waals surface area (Å²) >= 11 is 0. The molecule has 6 heteroatoms. The van der Waals surface area contributed by atoms with Crippen LogP contribution in [0.3, 0.4) is 0 Å². The quantitative estimate of drug-likeness (QED) is 0.632. The van der Waals surface area contributed by atoms with Gasteiger partial charge >= 0.3 is 0 Å². The third-order valence-corrected chi connectivity index (χ3v) is 3.63. The molecule has 2 atom stereocenters. The minimum absolute atomic E-state index is 0.0356. The van der Waals surface area contributed by atoms with Crippen LogP contribution in [0, 0.1) is 0 Å². The molecule has 0 amide bonds. The summed E-state index contributed by atoms with van der Waals surface area (Å²) in [6.45, 7) is 2.94. The van der Waals surface area contributed by atoms with Crippen molar-refractivity contribution in [2.75, 3.05) is 0 Å². The molecular formula is C14H19N5O. The number of benzene rings is 1. The minimum Gasteiger partial charge on any atom is -0.488 e. The first-order chi connectivity index (χ1) is 9.83. The number of hydrazine groups is 1. The van der Waals surface area contributed by atoms with Gasteiger partial charge in [-0.1, -0.05) is 30.3 Å².